The van der Waals surface area contributed by atoms with Crippen LogP contribution in [0.1, 0.15) is 12.5 Å². The summed E-state index contributed by atoms with van der Waals surface area (Å²) in [5.41, 5.74) is 0.899. The molecule has 0 spiro atoms. The highest BCUT2D eigenvalue weighted by atomic mass is 35.5. The first-order valence-electron chi connectivity index (χ1n) is 6.73. The van der Waals surface area contributed by atoms with Gasteiger partial charge in [-0.1, -0.05) is 29.3 Å². The van der Waals surface area contributed by atoms with Gasteiger partial charge in [0.15, 0.2) is 0 Å². The fourth-order valence-corrected chi connectivity index (χ4v) is 2.76. The summed E-state index contributed by atoms with van der Waals surface area (Å²) in [5, 5.41) is 7.04. The number of hydrogen-bond acceptors (Lipinski definition) is 3. The van der Waals surface area contributed by atoms with Crippen LogP contribution in [-0.4, -0.2) is 42.5 Å². The van der Waals surface area contributed by atoms with E-state index in [1.807, 2.05) is 25.1 Å². The van der Waals surface area contributed by atoms with E-state index in [0.717, 1.165) is 5.56 Å². The summed E-state index contributed by atoms with van der Waals surface area (Å²) in [7, 11) is 0. The van der Waals surface area contributed by atoms with Gasteiger partial charge in [0.25, 0.3) is 0 Å². The number of rotatable bonds is 6. The number of nitrogens with one attached hydrogen (secondary N) is 2. The number of amides is 3. The Hall–Kier alpha value is -1.30. The summed E-state index contributed by atoms with van der Waals surface area (Å²) >= 11 is 12.3. The van der Waals surface area contributed by atoms with Crippen LogP contribution in [0.3, 0.4) is 0 Å². The predicted molar refractivity (Wildman–Crippen MR) is 82.7 cm³/mol. The van der Waals surface area contributed by atoms with Crippen molar-refractivity contribution < 1.29 is 9.59 Å². The highest BCUT2D eigenvalue weighted by molar-refractivity contribution is 6.36. The largest absolute Gasteiger partial charge is 0.329 e. The van der Waals surface area contributed by atoms with Crippen LogP contribution in [0, 0.1) is 0 Å². The molecule has 1 aromatic carbocycles. The lowest BCUT2D eigenvalue weighted by molar-refractivity contribution is -0.124. The number of imide groups is 1. The molecule has 7 heteroatoms. The van der Waals surface area contributed by atoms with Crippen LogP contribution in [-0.2, 0) is 11.2 Å². The third-order valence-corrected chi connectivity index (χ3v) is 4.05. The van der Waals surface area contributed by atoms with Gasteiger partial charge >= 0.3 is 6.03 Å². The molecule has 0 saturated carbocycles. The SMILES string of the molecule is CC(Cc1c(Cl)cccc1Cl)NCCN1C(=O)CNC1=O. The molecular formula is C14H17Cl2N3O2. The van der Waals surface area contributed by atoms with E-state index in [1.54, 1.807) is 0 Å². The van der Waals surface area contributed by atoms with Crippen molar-refractivity contribution in [3.8, 4) is 0 Å². The summed E-state index contributed by atoms with van der Waals surface area (Å²) in [6, 6.07) is 5.22. The molecule has 2 rings (SSSR count). The highest BCUT2D eigenvalue weighted by Gasteiger charge is 2.27. The van der Waals surface area contributed by atoms with Gasteiger partial charge in [0, 0.05) is 29.2 Å². The van der Waals surface area contributed by atoms with E-state index >= 15 is 0 Å². The zero-order valence-electron chi connectivity index (χ0n) is 11.7. The Morgan fingerprint density at radius 3 is 2.57 bits per heavy atom. The molecule has 0 radical (unpaired) electrons. The minimum absolute atomic E-state index is 0.0869. The fourth-order valence-electron chi connectivity index (χ4n) is 2.21. The van der Waals surface area contributed by atoms with Crippen molar-refractivity contribution >= 4 is 35.1 Å². The summed E-state index contributed by atoms with van der Waals surface area (Å²) < 4.78 is 0. The highest BCUT2D eigenvalue weighted by Crippen LogP contribution is 2.25. The lowest BCUT2D eigenvalue weighted by Gasteiger charge is -2.18. The van der Waals surface area contributed by atoms with Crippen LogP contribution in [0.25, 0.3) is 0 Å². The van der Waals surface area contributed by atoms with E-state index in [1.165, 1.54) is 4.90 Å². The molecule has 0 aromatic heterocycles. The monoisotopic (exact) mass is 329 g/mol. The minimum Gasteiger partial charge on any atom is -0.329 e. The van der Waals surface area contributed by atoms with Crippen molar-refractivity contribution in [2.75, 3.05) is 19.6 Å². The number of hydrogen-bond donors (Lipinski definition) is 2. The molecule has 1 unspecified atom stereocenters. The molecule has 1 aliphatic rings. The van der Waals surface area contributed by atoms with Crippen molar-refractivity contribution in [1.82, 2.24) is 15.5 Å². The number of carbonyl (C=O) groups excluding carboxylic acids is 2. The first-order chi connectivity index (χ1) is 9.99. The van der Waals surface area contributed by atoms with Gasteiger partial charge in [-0.25, -0.2) is 4.79 Å². The lowest BCUT2D eigenvalue weighted by atomic mass is 10.1. The number of carbonyl (C=O) groups is 2. The molecule has 21 heavy (non-hydrogen) atoms. The molecular weight excluding hydrogens is 313 g/mol. The summed E-state index contributed by atoms with van der Waals surface area (Å²) in [6.07, 6.45) is 0.679. The molecule has 0 aliphatic carbocycles. The first-order valence-corrected chi connectivity index (χ1v) is 7.49. The third-order valence-electron chi connectivity index (χ3n) is 3.34. The standard InChI is InChI=1S/C14H17Cl2N3O2/c1-9(7-10-11(15)3-2-4-12(10)16)17-5-6-19-13(20)8-18-14(19)21/h2-4,9,17H,5-8H2,1H3,(H,18,21). The summed E-state index contributed by atoms with van der Waals surface area (Å²) in [4.78, 5) is 24.0. The number of halogens is 2. The first kappa shape index (κ1) is 16.1. The molecule has 1 aromatic rings. The number of nitrogens with zero attached hydrogens (tertiary/aromatic N) is 1. The van der Waals surface area contributed by atoms with E-state index in [9.17, 15) is 9.59 Å². The van der Waals surface area contributed by atoms with E-state index in [4.69, 9.17) is 23.2 Å². The van der Waals surface area contributed by atoms with Gasteiger partial charge in [-0.2, -0.15) is 0 Å². The van der Waals surface area contributed by atoms with Gasteiger partial charge in [-0.15, -0.1) is 0 Å². The Balaban J connectivity index is 1.81. The van der Waals surface area contributed by atoms with Crippen LogP contribution in [0.2, 0.25) is 10.0 Å². The molecule has 1 aliphatic heterocycles. The van der Waals surface area contributed by atoms with Gasteiger partial charge in [-0.05, 0) is 31.0 Å². The molecule has 0 bridgehead atoms. The molecule has 3 amide bonds. The molecule has 114 valence electrons. The summed E-state index contributed by atoms with van der Waals surface area (Å²) in [6.45, 7) is 2.98. The normalized spacial score (nSPS) is 16.2. The van der Waals surface area contributed by atoms with Crippen LogP contribution < -0.4 is 10.6 Å². The zero-order chi connectivity index (χ0) is 15.4. The topological polar surface area (TPSA) is 61.4 Å². The Morgan fingerprint density at radius 1 is 1.33 bits per heavy atom. The molecule has 5 nitrogen and oxygen atoms in total. The molecule has 1 heterocycles. The zero-order valence-corrected chi connectivity index (χ0v) is 13.2. The Labute approximate surface area is 133 Å². The fraction of sp³-hybridized carbons (Fsp3) is 0.429. The maximum atomic E-state index is 11.4. The van der Waals surface area contributed by atoms with Crippen LogP contribution in [0.15, 0.2) is 18.2 Å². The minimum atomic E-state index is -0.330. The number of urea groups is 1. The van der Waals surface area contributed by atoms with Crippen molar-refractivity contribution in [1.29, 1.82) is 0 Å². The van der Waals surface area contributed by atoms with E-state index in [-0.39, 0.29) is 24.5 Å². The Bertz CT molecular complexity index is 515. The second kappa shape index (κ2) is 7.11. The molecule has 1 fully saturated rings. The Morgan fingerprint density at radius 2 is 2.00 bits per heavy atom. The van der Waals surface area contributed by atoms with Crippen LogP contribution >= 0.6 is 23.2 Å². The van der Waals surface area contributed by atoms with E-state index in [2.05, 4.69) is 10.6 Å². The predicted octanol–water partition coefficient (Wildman–Crippen LogP) is 2.07. The van der Waals surface area contributed by atoms with E-state index in [0.29, 0.717) is 29.6 Å². The molecule has 1 atom stereocenters. The average Bonchev–Trinajstić information content (AvgIpc) is 2.75. The molecule has 2 N–H and O–H groups in total. The van der Waals surface area contributed by atoms with Gasteiger partial charge in [0.2, 0.25) is 5.91 Å². The maximum absolute atomic E-state index is 11.4. The van der Waals surface area contributed by atoms with Gasteiger partial charge in [0.1, 0.15) is 0 Å². The van der Waals surface area contributed by atoms with Gasteiger partial charge in [0.05, 0.1) is 6.54 Å². The van der Waals surface area contributed by atoms with Gasteiger partial charge in [-0.3, -0.25) is 9.69 Å². The molecule has 1 saturated heterocycles. The smallest absolute Gasteiger partial charge is 0.324 e. The quantitative estimate of drug-likeness (QED) is 0.785. The van der Waals surface area contributed by atoms with Crippen LogP contribution in [0.5, 0.6) is 0 Å². The van der Waals surface area contributed by atoms with Crippen molar-refractivity contribution in [3.05, 3.63) is 33.8 Å². The van der Waals surface area contributed by atoms with Crippen LogP contribution in [0.4, 0.5) is 4.79 Å². The number of benzene rings is 1. The lowest BCUT2D eigenvalue weighted by Crippen LogP contribution is -2.40. The summed E-state index contributed by atoms with van der Waals surface area (Å²) in [5.74, 6) is -0.191. The van der Waals surface area contributed by atoms with Crippen molar-refractivity contribution in [2.24, 2.45) is 0 Å². The van der Waals surface area contributed by atoms with E-state index < -0.39 is 0 Å². The van der Waals surface area contributed by atoms with Crippen molar-refractivity contribution in [2.45, 2.75) is 19.4 Å². The average molecular weight is 330 g/mol. The van der Waals surface area contributed by atoms with Crippen molar-refractivity contribution in [3.63, 3.8) is 0 Å². The third kappa shape index (κ3) is 4.09. The van der Waals surface area contributed by atoms with Gasteiger partial charge < -0.3 is 10.6 Å². The second-order valence-electron chi connectivity index (χ2n) is 4.96. The Kier molecular flexibility index (Phi) is 5.45. The second-order valence-corrected chi connectivity index (χ2v) is 5.78. The maximum Gasteiger partial charge on any atom is 0.324 e.